The third kappa shape index (κ3) is 5.13. The summed E-state index contributed by atoms with van der Waals surface area (Å²) < 4.78 is 0. The largest absolute Gasteiger partial charge is 0.360 e. The van der Waals surface area contributed by atoms with E-state index in [1.807, 2.05) is 31.2 Å². The summed E-state index contributed by atoms with van der Waals surface area (Å²) in [5, 5.41) is 14.8. The number of nitrogens with one attached hydrogen (secondary N) is 2. The molecule has 0 bridgehead atoms. The number of para-hydroxylation sites is 1. The Labute approximate surface area is 130 Å². The van der Waals surface area contributed by atoms with Crippen LogP contribution < -0.4 is 10.6 Å². The van der Waals surface area contributed by atoms with E-state index in [9.17, 15) is 4.79 Å². The van der Waals surface area contributed by atoms with E-state index < -0.39 is 0 Å². The van der Waals surface area contributed by atoms with Crippen molar-refractivity contribution in [2.24, 2.45) is 0 Å². The summed E-state index contributed by atoms with van der Waals surface area (Å²) in [5.74, 6) is 0.0921. The maximum Gasteiger partial charge on any atom is 0.263 e. The van der Waals surface area contributed by atoms with Crippen LogP contribution in [0.15, 0.2) is 30.0 Å². The van der Waals surface area contributed by atoms with E-state index in [4.69, 9.17) is 16.9 Å². The molecular formula is C16H20ClN3O. The number of anilines is 1. The molecule has 0 saturated heterocycles. The molecule has 112 valence electrons. The highest BCUT2D eigenvalue weighted by atomic mass is 35.5. The fourth-order valence-electron chi connectivity index (χ4n) is 1.89. The average molecular weight is 306 g/mol. The predicted molar refractivity (Wildman–Crippen MR) is 86.2 cm³/mol. The molecule has 0 unspecified atom stereocenters. The molecule has 5 heteroatoms. The molecule has 0 aliphatic rings. The average Bonchev–Trinajstić information content (AvgIpc) is 2.49. The van der Waals surface area contributed by atoms with Crippen LogP contribution in [0.2, 0.25) is 0 Å². The van der Waals surface area contributed by atoms with Crippen LogP contribution in [0.4, 0.5) is 5.69 Å². The first-order chi connectivity index (χ1) is 10.1. The quantitative estimate of drug-likeness (QED) is 0.352. The summed E-state index contributed by atoms with van der Waals surface area (Å²) in [4.78, 5) is 11.8. The standard InChI is InChI=1S/C16H20ClN3O/c1-3-13-7-4-6-12(2)15(13)20-11-14(10-18)16(21)19-9-5-8-17/h4,6-7,11,20H,3,5,8-9H2,1-2H3,(H,19,21)/b14-11-. The Morgan fingerprint density at radius 2 is 2.24 bits per heavy atom. The van der Waals surface area contributed by atoms with E-state index in [2.05, 4.69) is 17.6 Å². The minimum absolute atomic E-state index is 0.0508. The second-order valence-electron chi connectivity index (χ2n) is 4.58. The Morgan fingerprint density at radius 3 is 2.86 bits per heavy atom. The number of alkyl halides is 1. The summed E-state index contributed by atoms with van der Waals surface area (Å²) in [7, 11) is 0. The van der Waals surface area contributed by atoms with Gasteiger partial charge in [0.1, 0.15) is 11.6 Å². The van der Waals surface area contributed by atoms with Crippen molar-refractivity contribution in [3.05, 3.63) is 41.1 Å². The summed E-state index contributed by atoms with van der Waals surface area (Å²) in [6.45, 7) is 4.52. The lowest BCUT2D eigenvalue weighted by Gasteiger charge is -2.11. The summed E-state index contributed by atoms with van der Waals surface area (Å²) in [6.07, 6.45) is 3.01. The lowest BCUT2D eigenvalue weighted by Crippen LogP contribution is -2.26. The van der Waals surface area contributed by atoms with E-state index in [0.29, 0.717) is 18.8 Å². The molecule has 0 heterocycles. The van der Waals surface area contributed by atoms with Crippen molar-refractivity contribution in [1.29, 1.82) is 5.26 Å². The number of nitrogens with zero attached hydrogens (tertiary/aromatic N) is 1. The van der Waals surface area contributed by atoms with Crippen LogP contribution >= 0.6 is 11.6 Å². The van der Waals surface area contributed by atoms with Crippen molar-refractivity contribution in [3.8, 4) is 6.07 Å². The van der Waals surface area contributed by atoms with Crippen LogP contribution in [0.1, 0.15) is 24.5 Å². The highest BCUT2D eigenvalue weighted by molar-refractivity contribution is 6.17. The number of benzene rings is 1. The number of carbonyl (C=O) groups excluding carboxylic acids is 1. The fourth-order valence-corrected chi connectivity index (χ4v) is 2.02. The highest BCUT2D eigenvalue weighted by Crippen LogP contribution is 2.21. The molecule has 1 rings (SSSR count). The molecule has 1 aromatic rings. The Kier molecular flexibility index (Phi) is 7.34. The van der Waals surface area contributed by atoms with Gasteiger partial charge in [0.25, 0.3) is 5.91 Å². The third-order valence-electron chi connectivity index (χ3n) is 3.06. The van der Waals surface area contributed by atoms with Gasteiger partial charge in [-0.2, -0.15) is 5.26 Å². The topological polar surface area (TPSA) is 64.9 Å². The molecule has 0 saturated carbocycles. The van der Waals surface area contributed by atoms with Gasteiger partial charge in [0.2, 0.25) is 0 Å². The Balaban J connectivity index is 2.82. The van der Waals surface area contributed by atoms with Gasteiger partial charge in [-0.25, -0.2) is 0 Å². The summed E-state index contributed by atoms with van der Waals surface area (Å²) in [5.41, 5.74) is 3.22. The Bertz CT molecular complexity index is 561. The second kappa shape index (κ2) is 9.04. The number of amides is 1. The molecule has 0 aliphatic heterocycles. The van der Waals surface area contributed by atoms with Crippen molar-refractivity contribution in [1.82, 2.24) is 5.32 Å². The summed E-state index contributed by atoms with van der Waals surface area (Å²) >= 11 is 5.55. The van der Waals surface area contributed by atoms with Gasteiger partial charge in [-0.3, -0.25) is 4.79 Å². The Morgan fingerprint density at radius 1 is 1.48 bits per heavy atom. The normalized spacial score (nSPS) is 10.9. The van der Waals surface area contributed by atoms with E-state index in [1.165, 1.54) is 6.20 Å². The number of rotatable bonds is 7. The molecule has 1 amide bonds. The molecular weight excluding hydrogens is 286 g/mol. The minimum atomic E-state index is -0.387. The number of halogens is 1. The predicted octanol–water partition coefficient (Wildman–Crippen LogP) is 3.12. The first-order valence-electron chi connectivity index (χ1n) is 6.93. The number of carbonyl (C=O) groups is 1. The SMILES string of the molecule is CCc1cccc(C)c1N/C=C(/C#N)C(=O)NCCCCl. The molecule has 4 nitrogen and oxygen atoms in total. The molecule has 1 aromatic carbocycles. The maximum atomic E-state index is 11.8. The van der Waals surface area contributed by atoms with Crippen LogP contribution in [0.5, 0.6) is 0 Å². The first kappa shape index (κ1) is 17.1. The van der Waals surface area contributed by atoms with Gasteiger partial charge < -0.3 is 10.6 Å². The number of hydrogen-bond acceptors (Lipinski definition) is 3. The zero-order chi connectivity index (χ0) is 15.7. The van der Waals surface area contributed by atoms with Crippen LogP contribution in [0, 0.1) is 18.3 Å². The van der Waals surface area contributed by atoms with Crippen molar-refractivity contribution in [2.75, 3.05) is 17.7 Å². The molecule has 2 N–H and O–H groups in total. The molecule has 21 heavy (non-hydrogen) atoms. The lowest BCUT2D eigenvalue weighted by molar-refractivity contribution is -0.117. The van der Waals surface area contributed by atoms with Crippen LogP contribution in [-0.4, -0.2) is 18.3 Å². The minimum Gasteiger partial charge on any atom is -0.360 e. The third-order valence-corrected chi connectivity index (χ3v) is 3.33. The van der Waals surface area contributed by atoms with Crippen LogP contribution in [-0.2, 0) is 11.2 Å². The lowest BCUT2D eigenvalue weighted by atomic mass is 10.1. The van der Waals surface area contributed by atoms with E-state index in [-0.39, 0.29) is 11.5 Å². The highest BCUT2D eigenvalue weighted by Gasteiger charge is 2.09. The molecule has 0 spiro atoms. The van der Waals surface area contributed by atoms with Crippen LogP contribution in [0.3, 0.4) is 0 Å². The first-order valence-corrected chi connectivity index (χ1v) is 7.47. The fraction of sp³-hybridized carbons (Fsp3) is 0.375. The second-order valence-corrected chi connectivity index (χ2v) is 4.95. The van der Waals surface area contributed by atoms with Crippen molar-refractivity contribution >= 4 is 23.2 Å². The summed E-state index contributed by atoms with van der Waals surface area (Å²) in [6, 6.07) is 7.91. The van der Waals surface area contributed by atoms with Gasteiger partial charge in [-0.1, -0.05) is 25.1 Å². The van der Waals surface area contributed by atoms with Gasteiger partial charge in [0.15, 0.2) is 0 Å². The van der Waals surface area contributed by atoms with E-state index >= 15 is 0 Å². The van der Waals surface area contributed by atoms with Crippen molar-refractivity contribution < 1.29 is 4.79 Å². The molecule has 0 aliphatic carbocycles. The Hall–Kier alpha value is -1.99. The van der Waals surface area contributed by atoms with Gasteiger partial charge in [-0.05, 0) is 30.9 Å². The molecule has 0 atom stereocenters. The van der Waals surface area contributed by atoms with Crippen molar-refractivity contribution in [2.45, 2.75) is 26.7 Å². The molecule has 0 fully saturated rings. The van der Waals surface area contributed by atoms with E-state index in [1.54, 1.807) is 0 Å². The zero-order valence-electron chi connectivity index (χ0n) is 12.4. The van der Waals surface area contributed by atoms with Gasteiger partial charge in [0.05, 0.1) is 0 Å². The van der Waals surface area contributed by atoms with E-state index in [0.717, 1.165) is 23.2 Å². The number of aryl methyl sites for hydroxylation is 2. The smallest absolute Gasteiger partial charge is 0.263 e. The van der Waals surface area contributed by atoms with Crippen molar-refractivity contribution in [3.63, 3.8) is 0 Å². The van der Waals surface area contributed by atoms with Crippen LogP contribution in [0.25, 0.3) is 0 Å². The molecule has 0 radical (unpaired) electrons. The monoisotopic (exact) mass is 305 g/mol. The molecule has 0 aromatic heterocycles. The van der Waals surface area contributed by atoms with Gasteiger partial charge in [-0.15, -0.1) is 11.6 Å². The number of nitriles is 1. The number of hydrogen-bond donors (Lipinski definition) is 2. The van der Waals surface area contributed by atoms with Gasteiger partial charge in [0, 0.05) is 24.3 Å². The van der Waals surface area contributed by atoms with Gasteiger partial charge >= 0.3 is 0 Å². The zero-order valence-corrected chi connectivity index (χ0v) is 13.1. The maximum absolute atomic E-state index is 11.8.